The molecular weight excluding hydrogens is 312 g/mol. The van der Waals surface area contributed by atoms with Crippen molar-refractivity contribution in [1.29, 1.82) is 0 Å². The molecule has 1 fully saturated rings. The molecule has 3 nitrogen and oxygen atoms in total. The number of ether oxygens (including phenoxy) is 2. The number of hydrogen-bond acceptors (Lipinski definition) is 3. The fraction of sp³-hybridized carbons (Fsp3) is 0.409. The first kappa shape index (κ1) is 17.7. The van der Waals surface area contributed by atoms with Crippen LogP contribution in [-0.4, -0.2) is 12.6 Å². The summed E-state index contributed by atoms with van der Waals surface area (Å²) in [6.45, 7) is 6.66. The standard InChI is InChI=1S/C22H26O3/c1-4-5-6-15-24-21(23)22(19-13-9-17(3)10-14-19)20(25-22)18-11-7-16(2)8-12-18/h7-14,20H,4-6,15H2,1-3H3. The maximum Gasteiger partial charge on any atom is 0.346 e. The first-order chi connectivity index (χ1) is 12.1. The number of hydrogen-bond donors (Lipinski definition) is 0. The molecule has 132 valence electrons. The molecule has 2 aromatic rings. The molecule has 0 aromatic heterocycles. The van der Waals surface area contributed by atoms with Crippen LogP contribution in [0.5, 0.6) is 0 Å². The molecule has 0 amide bonds. The lowest BCUT2D eigenvalue weighted by atomic mass is 9.91. The Balaban J connectivity index is 1.84. The first-order valence-electron chi connectivity index (χ1n) is 9.06. The van der Waals surface area contributed by atoms with Gasteiger partial charge in [-0.15, -0.1) is 0 Å². The summed E-state index contributed by atoms with van der Waals surface area (Å²) in [6, 6.07) is 16.1. The maximum absolute atomic E-state index is 12.9. The van der Waals surface area contributed by atoms with Gasteiger partial charge in [0.1, 0.15) is 6.10 Å². The summed E-state index contributed by atoms with van der Waals surface area (Å²) in [5.41, 5.74) is 3.21. The second-order valence-corrected chi connectivity index (χ2v) is 6.85. The zero-order valence-corrected chi connectivity index (χ0v) is 15.2. The van der Waals surface area contributed by atoms with E-state index in [1.165, 1.54) is 5.56 Å². The maximum atomic E-state index is 12.9. The Kier molecular flexibility index (Phi) is 5.24. The second kappa shape index (κ2) is 7.40. The first-order valence-corrected chi connectivity index (χ1v) is 9.06. The molecule has 0 spiro atoms. The number of unbranched alkanes of at least 4 members (excludes halogenated alkanes) is 2. The molecule has 2 atom stereocenters. The van der Waals surface area contributed by atoms with E-state index in [0.717, 1.165) is 36.0 Å². The number of epoxide rings is 1. The van der Waals surface area contributed by atoms with Crippen LogP contribution in [0.4, 0.5) is 0 Å². The highest BCUT2D eigenvalue weighted by atomic mass is 16.7. The van der Waals surface area contributed by atoms with Crippen molar-refractivity contribution in [1.82, 2.24) is 0 Å². The summed E-state index contributed by atoms with van der Waals surface area (Å²) >= 11 is 0. The molecule has 0 N–H and O–H groups in total. The topological polar surface area (TPSA) is 38.8 Å². The van der Waals surface area contributed by atoms with E-state index >= 15 is 0 Å². The molecule has 1 aliphatic heterocycles. The highest BCUT2D eigenvalue weighted by Gasteiger charge is 2.65. The van der Waals surface area contributed by atoms with Crippen LogP contribution in [0.25, 0.3) is 0 Å². The van der Waals surface area contributed by atoms with Crippen molar-refractivity contribution in [2.45, 2.75) is 51.7 Å². The van der Waals surface area contributed by atoms with E-state index in [2.05, 4.69) is 6.92 Å². The Bertz CT molecular complexity index is 718. The Hall–Kier alpha value is -2.13. The van der Waals surface area contributed by atoms with Gasteiger partial charge in [-0.1, -0.05) is 79.4 Å². The molecular formula is C22H26O3. The van der Waals surface area contributed by atoms with Crippen LogP contribution in [-0.2, 0) is 19.9 Å². The SMILES string of the molecule is CCCCCOC(=O)C1(c2ccc(C)cc2)OC1c1ccc(C)cc1. The summed E-state index contributed by atoms with van der Waals surface area (Å²) in [5.74, 6) is -0.280. The third kappa shape index (κ3) is 3.62. The predicted molar refractivity (Wildman–Crippen MR) is 98.3 cm³/mol. The number of rotatable bonds is 7. The average Bonchev–Trinajstić information content (AvgIpc) is 3.37. The van der Waals surface area contributed by atoms with E-state index in [9.17, 15) is 4.79 Å². The van der Waals surface area contributed by atoms with E-state index in [4.69, 9.17) is 9.47 Å². The van der Waals surface area contributed by atoms with E-state index in [-0.39, 0.29) is 12.1 Å². The van der Waals surface area contributed by atoms with Gasteiger partial charge < -0.3 is 9.47 Å². The zero-order valence-electron chi connectivity index (χ0n) is 15.2. The average molecular weight is 338 g/mol. The Morgan fingerprint density at radius 2 is 1.60 bits per heavy atom. The minimum absolute atomic E-state index is 0.280. The van der Waals surface area contributed by atoms with E-state index in [1.807, 2.05) is 62.4 Å². The molecule has 2 unspecified atom stereocenters. The van der Waals surface area contributed by atoms with Crippen LogP contribution in [0.3, 0.4) is 0 Å². The van der Waals surface area contributed by atoms with E-state index in [1.54, 1.807) is 0 Å². The number of carbonyl (C=O) groups excluding carboxylic acids is 1. The van der Waals surface area contributed by atoms with Crippen molar-refractivity contribution in [3.63, 3.8) is 0 Å². The molecule has 25 heavy (non-hydrogen) atoms. The molecule has 3 rings (SSSR count). The minimum Gasteiger partial charge on any atom is -0.463 e. The van der Waals surface area contributed by atoms with Crippen LogP contribution in [0.2, 0.25) is 0 Å². The monoisotopic (exact) mass is 338 g/mol. The van der Waals surface area contributed by atoms with Crippen molar-refractivity contribution in [3.8, 4) is 0 Å². The van der Waals surface area contributed by atoms with Crippen LogP contribution in [0, 0.1) is 13.8 Å². The fourth-order valence-corrected chi connectivity index (χ4v) is 3.11. The lowest BCUT2D eigenvalue weighted by molar-refractivity contribution is -0.150. The number of esters is 1. The van der Waals surface area contributed by atoms with Gasteiger partial charge in [-0.2, -0.15) is 0 Å². The van der Waals surface area contributed by atoms with Gasteiger partial charge in [0.05, 0.1) is 6.61 Å². The second-order valence-electron chi connectivity index (χ2n) is 6.85. The summed E-state index contributed by atoms with van der Waals surface area (Å²) in [5, 5.41) is 0. The quantitative estimate of drug-likeness (QED) is 0.405. The van der Waals surface area contributed by atoms with Gasteiger partial charge in [-0.3, -0.25) is 0 Å². The molecule has 0 bridgehead atoms. The summed E-state index contributed by atoms with van der Waals surface area (Å²) in [6.07, 6.45) is 2.77. The molecule has 0 aliphatic carbocycles. The summed E-state index contributed by atoms with van der Waals surface area (Å²) in [4.78, 5) is 12.9. The van der Waals surface area contributed by atoms with Crippen LogP contribution in [0.15, 0.2) is 48.5 Å². The predicted octanol–water partition coefficient (Wildman–Crippen LogP) is 5.00. The number of aryl methyl sites for hydroxylation is 2. The summed E-state index contributed by atoms with van der Waals surface area (Å²) in [7, 11) is 0. The van der Waals surface area contributed by atoms with Crippen LogP contribution in [0.1, 0.15) is 54.5 Å². The lowest BCUT2D eigenvalue weighted by Crippen LogP contribution is -2.26. The Morgan fingerprint density at radius 3 is 2.20 bits per heavy atom. The normalized spacial score (nSPS) is 21.8. The lowest BCUT2D eigenvalue weighted by Gasteiger charge is -2.14. The van der Waals surface area contributed by atoms with E-state index in [0.29, 0.717) is 6.61 Å². The van der Waals surface area contributed by atoms with E-state index < -0.39 is 5.60 Å². The third-order valence-corrected chi connectivity index (χ3v) is 4.76. The third-order valence-electron chi connectivity index (χ3n) is 4.76. The fourth-order valence-electron chi connectivity index (χ4n) is 3.11. The highest BCUT2D eigenvalue weighted by Crippen LogP contribution is 2.57. The van der Waals surface area contributed by atoms with Crippen molar-refractivity contribution in [3.05, 3.63) is 70.8 Å². The van der Waals surface area contributed by atoms with Crippen molar-refractivity contribution < 1.29 is 14.3 Å². The molecule has 1 saturated heterocycles. The smallest absolute Gasteiger partial charge is 0.346 e. The summed E-state index contributed by atoms with van der Waals surface area (Å²) < 4.78 is 11.6. The number of benzene rings is 2. The Labute approximate surface area is 150 Å². The number of carbonyl (C=O) groups is 1. The van der Waals surface area contributed by atoms with Gasteiger partial charge >= 0.3 is 5.97 Å². The van der Waals surface area contributed by atoms with Crippen LogP contribution < -0.4 is 0 Å². The molecule has 1 heterocycles. The highest BCUT2D eigenvalue weighted by molar-refractivity contribution is 5.85. The van der Waals surface area contributed by atoms with Gasteiger partial charge in [0.25, 0.3) is 0 Å². The zero-order chi connectivity index (χ0) is 17.9. The van der Waals surface area contributed by atoms with Gasteiger partial charge in [0.15, 0.2) is 0 Å². The molecule has 1 aliphatic rings. The minimum atomic E-state index is -1.00. The van der Waals surface area contributed by atoms with Crippen molar-refractivity contribution >= 4 is 5.97 Å². The van der Waals surface area contributed by atoms with Crippen molar-refractivity contribution in [2.24, 2.45) is 0 Å². The van der Waals surface area contributed by atoms with Crippen molar-refractivity contribution in [2.75, 3.05) is 6.61 Å². The van der Waals surface area contributed by atoms with Crippen LogP contribution >= 0.6 is 0 Å². The molecule has 0 radical (unpaired) electrons. The Morgan fingerprint density at radius 1 is 1.00 bits per heavy atom. The molecule has 0 saturated carbocycles. The molecule has 3 heteroatoms. The van der Waals surface area contributed by atoms with Gasteiger partial charge in [0, 0.05) is 0 Å². The molecule has 2 aromatic carbocycles. The van der Waals surface area contributed by atoms with Gasteiger partial charge in [0.2, 0.25) is 5.60 Å². The van der Waals surface area contributed by atoms with Gasteiger partial charge in [-0.25, -0.2) is 4.79 Å². The largest absolute Gasteiger partial charge is 0.463 e. The van der Waals surface area contributed by atoms with Gasteiger partial charge in [-0.05, 0) is 31.4 Å².